The molecule has 0 bridgehead atoms. The van der Waals surface area contributed by atoms with Crippen LogP contribution in [0.5, 0.6) is 0 Å². The first kappa shape index (κ1) is 22.2. The monoisotopic (exact) mass is 425 g/mol. The molecule has 5 aliphatic carbocycles. The Morgan fingerprint density at radius 2 is 1.58 bits per heavy atom. The first-order valence-electron chi connectivity index (χ1n) is 13.3. The maximum Gasteiger partial charge on any atom is 0.138 e. The van der Waals surface area contributed by atoms with Gasteiger partial charge in [-0.05, 0) is 111 Å². The number of allylic oxidation sites excluding steroid dienone is 1. The maximum atomic E-state index is 12.9. The third-order valence-corrected chi connectivity index (χ3v) is 12.9. The number of ketones is 1. The number of Topliss-reactive ketones (excluding diaryl/α,β-unsaturated/α-hetero) is 1. The summed E-state index contributed by atoms with van der Waals surface area (Å²) >= 11 is 0. The van der Waals surface area contributed by atoms with Crippen LogP contribution in [-0.2, 0) is 4.79 Å². The van der Waals surface area contributed by atoms with Gasteiger partial charge in [0.05, 0.1) is 0 Å². The number of nitrogens with two attached hydrogens (primary N) is 1. The molecule has 0 saturated heterocycles. The van der Waals surface area contributed by atoms with E-state index in [2.05, 4.69) is 48.1 Å². The summed E-state index contributed by atoms with van der Waals surface area (Å²) in [7, 11) is 0. The number of carbonyl (C=O) groups excluding carboxylic acids is 1. The van der Waals surface area contributed by atoms with Crippen LogP contribution in [0.2, 0.25) is 0 Å². The second-order valence-electron chi connectivity index (χ2n) is 14.1. The van der Waals surface area contributed by atoms with Gasteiger partial charge in [0.2, 0.25) is 0 Å². The molecule has 5 fully saturated rings. The minimum absolute atomic E-state index is 0.0390. The summed E-state index contributed by atoms with van der Waals surface area (Å²) in [6.45, 7) is 19.1. The molecule has 0 aromatic heterocycles. The highest BCUT2D eigenvalue weighted by Crippen LogP contribution is 2.75. The zero-order chi connectivity index (χ0) is 22.6. The van der Waals surface area contributed by atoms with Gasteiger partial charge in [-0.1, -0.05) is 46.8 Å². The lowest BCUT2D eigenvalue weighted by molar-refractivity contribution is -0.227. The van der Waals surface area contributed by atoms with Gasteiger partial charge in [0, 0.05) is 17.4 Å². The molecule has 2 heteroatoms. The molecule has 9 atom stereocenters. The lowest BCUT2D eigenvalue weighted by Crippen LogP contribution is -2.68. The van der Waals surface area contributed by atoms with Crippen molar-refractivity contribution in [1.82, 2.24) is 0 Å². The Morgan fingerprint density at radius 3 is 2.26 bits per heavy atom. The summed E-state index contributed by atoms with van der Waals surface area (Å²) in [4.78, 5) is 12.9. The molecule has 0 heterocycles. The molecule has 31 heavy (non-hydrogen) atoms. The zero-order valence-electron chi connectivity index (χ0n) is 21.2. The highest BCUT2D eigenvalue weighted by molar-refractivity contribution is 5.85. The van der Waals surface area contributed by atoms with E-state index >= 15 is 0 Å². The van der Waals surface area contributed by atoms with Crippen LogP contribution in [0.25, 0.3) is 0 Å². The molecule has 0 amide bonds. The second kappa shape index (κ2) is 6.49. The summed E-state index contributed by atoms with van der Waals surface area (Å²) in [6, 6.07) is 0. The predicted molar refractivity (Wildman–Crippen MR) is 128 cm³/mol. The average molecular weight is 426 g/mol. The molecule has 174 valence electrons. The minimum Gasteiger partial charge on any atom is -0.325 e. The Hall–Kier alpha value is -0.630. The van der Waals surface area contributed by atoms with E-state index in [1.165, 1.54) is 56.9 Å². The quantitative estimate of drug-likeness (QED) is 0.463. The third-order valence-electron chi connectivity index (χ3n) is 12.9. The van der Waals surface area contributed by atoms with E-state index < -0.39 is 0 Å². The van der Waals surface area contributed by atoms with E-state index in [-0.39, 0.29) is 11.0 Å². The van der Waals surface area contributed by atoms with Gasteiger partial charge in [0.25, 0.3) is 0 Å². The molecule has 5 aliphatic rings. The highest BCUT2D eigenvalue weighted by atomic mass is 16.1. The van der Waals surface area contributed by atoms with Gasteiger partial charge < -0.3 is 5.73 Å². The summed E-state index contributed by atoms with van der Waals surface area (Å²) in [5.41, 5.74) is 9.46. The van der Waals surface area contributed by atoms with Crippen LogP contribution in [0.3, 0.4) is 0 Å². The fourth-order valence-electron chi connectivity index (χ4n) is 11.0. The second-order valence-corrected chi connectivity index (χ2v) is 14.1. The lowest BCUT2D eigenvalue weighted by Gasteiger charge is -2.72. The van der Waals surface area contributed by atoms with Gasteiger partial charge in [0.15, 0.2) is 0 Å². The highest BCUT2D eigenvalue weighted by Gasteiger charge is 2.70. The Morgan fingerprint density at radius 1 is 0.871 bits per heavy atom. The van der Waals surface area contributed by atoms with Crippen LogP contribution in [0.1, 0.15) is 106 Å². The Bertz CT molecular complexity index is 814. The van der Waals surface area contributed by atoms with Crippen molar-refractivity contribution in [1.29, 1.82) is 0 Å². The fraction of sp³-hybridized carbons (Fsp3) is 0.897. The smallest absolute Gasteiger partial charge is 0.138 e. The normalized spacial score (nSPS) is 55.6. The van der Waals surface area contributed by atoms with E-state index in [1.54, 1.807) is 0 Å². The van der Waals surface area contributed by atoms with E-state index in [0.29, 0.717) is 39.8 Å². The molecule has 9 unspecified atom stereocenters. The number of hydrogen-bond acceptors (Lipinski definition) is 2. The van der Waals surface area contributed by atoms with Crippen molar-refractivity contribution in [2.75, 3.05) is 0 Å². The Labute approximate surface area is 191 Å². The van der Waals surface area contributed by atoms with Gasteiger partial charge in [-0.25, -0.2) is 0 Å². The van der Waals surface area contributed by atoms with Crippen LogP contribution in [0.4, 0.5) is 0 Å². The molecule has 2 N–H and O–H groups in total. The maximum absolute atomic E-state index is 12.9. The first-order chi connectivity index (χ1) is 14.3. The van der Waals surface area contributed by atoms with Crippen molar-refractivity contribution in [2.45, 2.75) is 111 Å². The van der Waals surface area contributed by atoms with Crippen LogP contribution in [0.15, 0.2) is 12.2 Å². The summed E-state index contributed by atoms with van der Waals surface area (Å²) in [5.74, 6) is 3.77. The van der Waals surface area contributed by atoms with Gasteiger partial charge in [-0.3, -0.25) is 4.79 Å². The fourth-order valence-corrected chi connectivity index (χ4v) is 11.0. The zero-order valence-corrected chi connectivity index (χ0v) is 21.2. The van der Waals surface area contributed by atoms with Crippen LogP contribution in [-0.4, -0.2) is 11.3 Å². The van der Waals surface area contributed by atoms with Gasteiger partial charge in [-0.2, -0.15) is 0 Å². The molecule has 0 aromatic rings. The summed E-state index contributed by atoms with van der Waals surface area (Å²) in [5, 5.41) is 0. The van der Waals surface area contributed by atoms with Crippen molar-refractivity contribution in [3.05, 3.63) is 12.2 Å². The number of rotatable bonds is 1. The predicted octanol–water partition coefficient (Wildman–Crippen LogP) is 6.92. The number of hydrogen-bond donors (Lipinski definition) is 1. The molecule has 5 saturated carbocycles. The van der Waals surface area contributed by atoms with Crippen molar-refractivity contribution in [3.8, 4) is 0 Å². The molecule has 0 radical (unpaired) electrons. The van der Waals surface area contributed by atoms with E-state index in [9.17, 15) is 4.79 Å². The molecule has 0 spiro atoms. The SMILES string of the molecule is C=C(C)C1CCC2(N)CCC3(C)C(CCC4C5(C)CCC(=O)C(C)(C)C5CCC43C)C12. The summed E-state index contributed by atoms with van der Waals surface area (Å²) < 4.78 is 0. The van der Waals surface area contributed by atoms with Gasteiger partial charge in [-0.15, -0.1) is 0 Å². The third kappa shape index (κ3) is 2.58. The largest absolute Gasteiger partial charge is 0.325 e. The molecular formula is C29H47NO. The van der Waals surface area contributed by atoms with Crippen molar-refractivity contribution >= 4 is 5.78 Å². The van der Waals surface area contributed by atoms with Crippen molar-refractivity contribution < 1.29 is 4.79 Å². The van der Waals surface area contributed by atoms with Crippen LogP contribution < -0.4 is 5.73 Å². The molecular weight excluding hydrogens is 378 g/mol. The van der Waals surface area contributed by atoms with Crippen LogP contribution in [0, 0.1) is 51.2 Å². The van der Waals surface area contributed by atoms with Crippen molar-refractivity contribution in [3.63, 3.8) is 0 Å². The molecule has 0 aromatic carbocycles. The number of fused-ring (bicyclic) bond motifs is 7. The topological polar surface area (TPSA) is 43.1 Å². The lowest BCUT2D eigenvalue weighted by atomic mass is 9.33. The van der Waals surface area contributed by atoms with Crippen molar-refractivity contribution in [2.24, 2.45) is 57.0 Å². The molecule has 0 aliphatic heterocycles. The van der Waals surface area contributed by atoms with E-state index in [1.807, 2.05) is 0 Å². The van der Waals surface area contributed by atoms with Gasteiger partial charge in [0.1, 0.15) is 5.78 Å². The van der Waals surface area contributed by atoms with Gasteiger partial charge >= 0.3 is 0 Å². The first-order valence-corrected chi connectivity index (χ1v) is 13.3. The average Bonchev–Trinajstić information content (AvgIpc) is 3.04. The minimum atomic E-state index is -0.151. The Balaban J connectivity index is 1.55. The summed E-state index contributed by atoms with van der Waals surface area (Å²) in [6.07, 6.45) is 12.0. The molecule has 5 rings (SSSR count). The Kier molecular flexibility index (Phi) is 4.64. The van der Waals surface area contributed by atoms with E-state index in [4.69, 9.17) is 5.73 Å². The standard InChI is InChI=1S/C29H47NO/c1-18(2)19-10-15-29(30)17-16-27(6)20(24(19)29)8-9-22-26(5)13-12-23(31)25(3,4)21(26)11-14-28(22,27)7/h19-22,24H,1,8-17,30H2,2-7H3. The molecule has 2 nitrogen and oxygen atoms in total. The van der Waals surface area contributed by atoms with Crippen LogP contribution >= 0.6 is 0 Å². The number of carbonyl (C=O) groups is 1. The van der Waals surface area contributed by atoms with E-state index in [0.717, 1.165) is 24.7 Å².